The van der Waals surface area contributed by atoms with Crippen molar-refractivity contribution < 1.29 is 9.22 Å². The molecule has 0 aliphatic heterocycles. The van der Waals surface area contributed by atoms with Crippen LogP contribution < -0.4 is 0 Å². The normalized spacial score (nSPS) is 44.7. The lowest BCUT2D eigenvalue weighted by molar-refractivity contribution is -0.148. The zero-order chi connectivity index (χ0) is 18.3. The van der Waals surface area contributed by atoms with Crippen LogP contribution in [0.4, 0.5) is 0 Å². The van der Waals surface area contributed by atoms with E-state index in [9.17, 15) is 4.79 Å². The molecule has 0 saturated heterocycles. The Balaban J connectivity index is 2.03. The average molecular weight is 351 g/mol. The van der Waals surface area contributed by atoms with E-state index in [1.807, 2.05) is 0 Å². The Kier molecular flexibility index (Phi) is 3.86. The van der Waals surface area contributed by atoms with Gasteiger partial charge in [0, 0.05) is 11.3 Å². The van der Waals surface area contributed by atoms with E-state index in [2.05, 4.69) is 61.6 Å². The summed E-state index contributed by atoms with van der Waals surface area (Å²) in [6.07, 6.45) is 4.89. The van der Waals surface area contributed by atoms with Crippen molar-refractivity contribution in [2.45, 2.75) is 98.4 Å². The van der Waals surface area contributed by atoms with Gasteiger partial charge in [0.15, 0.2) is 8.32 Å². The molecule has 5 atom stereocenters. The molecule has 24 heavy (non-hydrogen) atoms. The van der Waals surface area contributed by atoms with E-state index >= 15 is 0 Å². The van der Waals surface area contributed by atoms with Crippen molar-refractivity contribution in [3.63, 3.8) is 0 Å². The molecule has 3 rings (SSSR count). The van der Waals surface area contributed by atoms with Gasteiger partial charge < -0.3 is 4.43 Å². The van der Waals surface area contributed by atoms with Crippen LogP contribution in [0.25, 0.3) is 0 Å². The maximum absolute atomic E-state index is 13.4. The van der Waals surface area contributed by atoms with Crippen LogP contribution >= 0.6 is 0 Å². The molecule has 0 aromatic heterocycles. The number of rotatable bonds is 2. The van der Waals surface area contributed by atoms with Gasteiger partial charge >= 0.3 is 0 Å². The van der Waals surface area contributed by atoms with E-state index < -0.39 is 8.32 Å². The molecule has 138 valence electrons. The highest BCUT2D eigenvalue weighted by atomic mass is 28.4. The first-order valence-corrected chi connectivity index (χ1v) is 12.8. The van der Waals surface area contributed by atoms with Gasteiger partial charge in [-0.2, -0.15) is 0 Å². The van der Waals surface area contributed by atoms with Crippen LogP contribution in [0.2, 0.25) is 18.1 Å². The number of carbonyl (C=O) groups excluding carboxylic acids is 1. The summed E-state index contributed by atoms with van der Waals surface area (Å²) < 4.78 is 6.95. The summed E-state index contributed by atoms with van der Waals surface area (Å²) in [6.45, 7) is 21.0. The Morgan fingerprint density at radius 1 is 1.12 bits per heavy atom. The fourth-order valence-electron chi connectivity index (χ4n) is 6.71. The first kappa shape index (κ1) is 18.6. The van der Waals surface area contributed by atoms with E-state index in [4.69, 9.17) is 4.43 Å². The van der Waals surface area contributed by atoms with Crippen molar-refractivity contribution >= 4 is 14.1 Å². The van der Waals surface area contributed by atoms with Crippen molar-refractivity contribution in [3.05, 3.63) is 0 Å². The molecule has 2 nitrogen and oxygen atoms in total. The molecule has 0 N–H and O–H groups in total. The van der Waals surface area contributed by atoms with Crippen molar-refractivity contribution in [2.24, 2.45) is 28.1 Å². The standard InChI is InChI=1S/C21H38O2Si/c1-14-16-15(23-24(8,9)18(2,3)4)13-21(17(14)22)19(5,6)11-10-12-20(16,21)7/h14-16H,10-13H2,1-9H3/t14-,15-,16-,20-,21-/m1/s1. The lowest BCUT2D eigenvalue weighted by Crippen LogP contribution is -2.53. The third-order valence-corrected chi connectivity index (χ3v) is 13.4. The minimum Gasteiger partial charge on any atom is -0.414 e. The van der Waals surface area contributed by atoms with Crippen molar-refractivity contribution in [3.8, 4) is 0 Å². The Labute approximate surface area is 150 Å². The fourth-order valence-corrected chi connectivity index (χ4v) is 8.05. The van der Waals surface area contributed by atoms with Gasteiger partial charge in [0.1, 0.15) is 5.78 Å². The summed E-state index contributed by atoms with van der Waals surface area (Å²) in [4.78, 5) is 13.4. The third-order valence-electron chi connectivity index (χ3n) is 8.90. The smallest absolute Gasteiger partial charge is 0.192 e. The van der Waals surface area contributed by atoms with Gasteiger partial charge in [-0.3, -0.25) is 4.79 Å². The van der Waals surface area contributed by atoms with Crippen LogP contribution in [0.15, 0.2) is 0 Å². The first-order valence-electron chi connectivity index (χ1n) is 9.93. The molecule has 0 amide bonds. The van der Waals surface area contributed by atoms with Crippen LogP contribution in [-0.2, 0) is 9.22 Å². The molecule has 3 saturated carbocycles. The largest absolute Gasteiger partial charge is 0.414 e. The Morgan fingerprint density at radius 3 is 2.21 bits per heavy atom. The van der Waals surface area contributed by atoms with Crippen molar-refractivity contribution in [2.75, 3.05) is 0 Å². The highest BCUT2D eigenvalue weighted by molar-refractivity contribution is 6.74. The van der Waals surface area contributed by atoms with Gasteiger partial charge in [0.2, 0.25) is 0 Å². The van der Waals surface area contributed by atoms with Crippen molar-refractivity contribution in [1.29, 1.82) is 0 Å². The second-order valence-corrected chi connectivity index (χ2v) is 16.1. The SMILES string of the molecule is C[C@H]1C(=O)[C@@]23C[C@@H](O[Si](C)(C)C(C)(C)C)[C@@H]1[C@@]2(C)CCCC3(C)C. The van der Waals surface area contributed by atoms with Crippen LogP contribution in [0, 0.1) is 28.1 Å². The molecule has 0 aromatic rings. The molecule has 3 heteroatoms. The van der Waals surface area contributed by atoms with E-state index in [1.54, 1.807) is 0 Å². The molecule has 0 radical (unpaired) electrons. The zero-order valence-electron chi connectivity index (χ0n) is 17.4. The highest BCUT2D eigenvalue weighted by Crippen LogP contribution is 2.76. The fraction of sp³-hybridized carbons (Fsp3) is 0.952. The second kappa shape index (κ2) is 4.97. The molecule has 3 aliphatic rings. The Bertz CT molecular complexity index is 559. The van der Waals surface area contributed by atoms with E-state index in [1.165, 1.54) is 19.3 Å². The number of hydrogen-bond acceptors (Lipinski definition) is 2. The van der Waals surface area contributed by atoms with Gasteiger partial charge in [0.25, 0.3) is 0 Å². The Morgan fingerprint density at radius 2 is 1.71 bits per heavy atom. The zero-order valence-corrected chi connectivity index (χ0v) is 18.4. The molecular formula is C21H38O2Si. The lowest BCUT2D eigenvalue weighted by atomic mass is 9.48. The number of carbonyl (C=O) groups is 1. The highest BCUT2D eigenvalue weighted by Gasteiger charge is 2.77. The molecule has 0 unspecified atom stereocenters. The van der Waals surface area contributed by atoms with E-state index in [-0.39, 0.29) is 33.3 Å². The minimum atomic E-state index is -1.82. The van der Waals surface area contributed by atoms with Crippen LogP contribution in [0.1, 0.15) is 74.1 Å². The summed E-state index contributed by atoms with van der Waals surface area (Å²) in [7, 11) is -1.82. The van der Waals surface area contributed by atoms with Gasteiger partial charge in [-0.1, -0.05) is 54.9 Å². The number of Topliss-reactive ketones (excluding diaryl/α,β-unsaturated/α-hetero) is 1. The lowest BCUT2D eigenvalue weighted by Gasteiger charge is -2.54. The Hall–Kier alpha value is -0.153. The number of hydrogen-bond donors (Lipinski definition) is 0. The van der Waals surface area contributed by atoms with E-state index in [0.717, 1.165) is 6.42 Å². The van der Waals surface area contributed by atoms with Gasteiger partial charge in [-0.25, -0.2) is 0 Å². The number of ketones is 1. The van der Waals surface area contributed by atoms with Crippen LogP contribution in [0.3, 0.4) is 0 Å². The maximum atomic E-state index is 13.4. The molecule has 0 aromatic carbocycles. The monoisotopic (exact) mass is 350 g/mol. The van der Waals surface area contributed by atoms with Gasteiger partial charge in [0.05, 0.1) is 6.10 Å². The molecule has 3 aliphatic carbocycles. The summed E-state index contributed by atoms with van der Waals surface area (Å²) in [5.41, 5.74) is 0.0826. The molecule has 3 fully saturated rings. The predicted octanol–water partition coefficient (Wildman–Crippen LogP) is 5.82. The van der Waals surface area contributed by atoms with Crippen LogP contribution in [-0.4, -0.2) is 20.2 Å². The quantitative estimate of drug-likeness (QED) is 0.587. The summed E-state index contributed by atoms with van der Waals surface area (Å²) in [5, 5.41) is 0.224. The van der Waals surface area contributed by atoms with Gasteiger partial charge in [-0.05, 0) is 54.1 Å². The minimum absolute atomic E-state index is 0.103. The molecule has 0 spiro atoms. The van der Waals surface area contributed by atoms with E-state index in [0.29, 0.717) is 11.7 Å². The molecular weight excluding hydrogens is 312 g/mol. The second-order valence-electron chi connectivity index (χ2n) is 11.4. The summed E-state index contributed by atoms with van der Waals surface area (Å²) in [6, 6.07) is 0. The average Bonchev–Trinajstić information content (AvgIpc) is 2.73. The molecule has 0 heterocycles. The predicted molar refractivity (Wildman–Crippen MR) is 103 cm³/mol. The summed E-state index contributed by atoms with van der Waals surface area (Å²) >= 11 is 0. The van der Waals surface area contributed by atoms with Gasteiger partial charge in [-0.15, -0.1) is 0 Å². The molecule has 2 bridgehead atoms. The topological polar surface area (TPSA) is 26.3 Å². The van der Waals surface area contributed by atoms with Crippen molar-refractivity contribution in [1.82, 2.24) is 0 Å². The third kappa shape index (κ3) is 2.00. The van der Waals surface area contributed by atoms with Crippen LogP contribution in [0.5, 0.6) is 0 Å². The summed E-state index contributed by atoms with van der Waals surface area (Å²) in [5.74, 6) is 1.13. The maximum Gasteiger partial charge on any atom is 0.192 e. The first-order chi connectivity index (χ1) is 10.7.